The average molecular weight is 403 g/mol. The highest BCUT2D eigenvalue weighted by molar-refractivity contribution is 9.10. The van der Waals surface area contributed by atoms with Gasteiger partial charge in [0.05, 0.1) is 10.7 Å². The third-order valence-electron chi connectivity index (χ3n) is 3.62. The smallest absolute Gasteiger partial charge is 0.124 e. The quantitative estimate of drug-likeness (QED) is 0.523. The predicted octanol–water partition coefficient (Wildman–Crippen LogP) is 6.29. The van der Waals surface area contributed by atoms with Gasteiger partial charge in [0.2, 0.25) is 0 Å². The molecule has 2 nitrogen and oxygen atoms in total. The molecule has 0 saturated carbocycles. The number of para-hydroxylation sites is 2. The van der Waals surface area contributed by atoms with Crippen molar-refractivity contribution >= 4 is 33.2 Å². The van der Waals surface area contributed by atoms with Crippen LogP contribution < -0.4 is 10.1 Å². The first-order chi connectivity index (χ1) is 11.7. The molecule has 0 fully saturated rings. The Labute approximate surface area is 155 Å². The number of hydrogen-bond acceptors (Lipinski definition) is 2. The van der Waals surface area contributed by atoms with E-state index in [1.165, 1.54) is 0 Å². The molecule has 0 heterocycles. The number of hydrogen-bond donors (Lipinski definition) is 1. The van der Waals surface area contributed by atoms with Crippen LogP contribution in [-0.2, 0) is 13.2 Å². The standard InChI is InChI=1S/C20H17BrClNO/c21-17-11-9-15(10-12-17)14-24-20-8-4-1-5-16(20)13-23-19-7-3-2-6-18(19)22/h1-12,23H,13-14H2. The Balaban J connectivity index is 1.66. The number of rotatable bonds is 6. The van der Waals surface area contributed by atoms with Gasteiger partial charge in [0.25, 0.3) is 0 Å². The summed E-state index contributed by atoms with van der Waals surface area (Å²) in [5, 5.41) is 4.07. The highest BCUT2D eigenvalue weighted by atomic mass is 79.9. The van der Waals surface area contributed by atoms with Gasteiger partial charge >= 0.3 is 0 Å². The van der Waals surface area contributed by atoms with Crippen molar-refractivity contribution in [3.8, 4) is 5.75 Å². The summed E-state index contributed by atoms with van der Waals surface area (Å²) in [7, 11) is 0. The predicted molar refractivity (Wildman–Crippen MR) is 104 cm³/mol. The normalized spacial score (nSPS) is 10.4. The summed E-state index contributed by atoms with van der Waals surface area (Å²) in [6.07, 6.45) is 0. The maximum Gasteiger partial charge on any atom is 0.124 e. The van der Waals surface area contributed by atoms with Gasteiger partial charge in [-0.3, -0.25) is 0 Å². The fraction of sp³-hybridized carbons (Fsp3) is 0.100. The van der Waals surface area contributed by atoms with Gasteiger partial charge in [-0.05, 0) is 35.9 Å². The Bertz CT molecular complexity index is 805. The average Bonchev–Trinajstić information content (AvgIpc) is 2.61. The minimum Gasteiger partial charge on any atom is -0.489 e. The zero-order valence-corrected chi connectivity index (χ0v) is 15.3. The van der Waals surface area contributed by atoms with Crippen molar-refractivity contribution < 1.29 is 4.74 Å². The molecule has 0 bridgehead atoms. The lowest BCUT2D eigenvalue weighted by molar-refractivity contribution is 0.303. The molecule has 1 N–H and O–H groups in total. The van der Waals surface area contributed by atoms with E-state index in [0.29, 0.717) is 18.2 Å². The molecule has 0 aromatic heterocycles. The van der Waals surface area contributed by atoms with E-state index in [1.807, 2.05) is 54.6 Å². The molecule has 0 aliphatic heterocycles. The van der Waals surface area contributed by atoms with Gasteiger partial charge < -0.3 is 10.1 Å². The topological polar surface area (TPSA) is 21.3 Å². The lowest BCUT2D eigenvalue weighted by Crippen LogP contribution is -2.04. The van der Waals surface area contributed by atoms with E-state index < -0.39 is 0 Å². The van der Waals surface area contributed by atoms with Crippen molar-refractivity contribution in [2.24, 2.45) is 0 Å². The minimum absolute atomic E-state index is 0.538. The van der Waals surface area contributed by atoms with E-state index in [2.05, 4.69) is 39.4 Å². The van der Waals surface area contributed by atoms with Crippen LogP contribution in [0.5, 0.6) is 5.75 Å². The maximum atomic E-state index is 6.19. The van der Waals surface area contributed by atoms with E-state index >= 15 is 0 Å². The van der Waals surface area contributed by atoms with Crippen molar-refractivity contribution in [3.05, 3.63) is 93.4 Å². The lowest BCUT2D eigenvalue weighted by Gasteiger charge is -2.13. The fourth-order valence-electron chi connectivity index (χ4n) is 2.33. The zero-order chi connectivity index (χ0) is 16.8. The summed E-state index contributed by atoms with van der Waals surface area (Å²) in [5.74, 6) is 0.875. The molecule has 0 aliphatic rings. The van der Waals surface area contributed by atoms with Crippen LogP contribution in [0, 0.1) is 0 Å². The van der Waals surface area contributed by atoms with Crippen molar-refractivity contribution in [2.45, 2.75) is 13.2 Å². The first kappa shape index (κ1) is 16.9. The number of benzene rings is 3. The van der Waals surface area contributed by atoms with Gasteiger partial charge in [0.1, 0.15) is 12.4 Å². The fourth-order valence-corrected chi connectivity index (χ4v) is 2.79. The van der Waals surface area contributed by atoms with Crippen LogP contribution in [0.3, 0.4) is 0 Å². The number of ether oxygens (including phenoxy) is 1. The molecule has 3 aromatic rings. The monoisotopic (exact) mass is 401 g/mol. The lowest BCUT2D eigenvalue weighted by atomic mass is 10.2. The Morgan fingerprint density at radius 3 is 2.38 bits per heavy atom. The van der Waals surface area contributed by atoms with Gasteiger partial charge in [0, 0.05) is 16.6 Å². The number of halogens is 2. The highest BCUT2D eigenvalue weighted by Gasteiger charge is 2.05. The van der Waals surface area contributed by atoms with Crippen LogP contribution in [0.1, 0.15) is 11.1 Å². The molecule has 0 unspecified atom stereocenters. The third-order valence-corrected chi connectivity index (χ3v) is 4.48. The second kappa shape index (κ2) is 8.22. The molecule has 122 valence electrons. The molecule has 3 rings (SSSR count). The summed E-state index contributed by atoms with van der Waals surface area (Å²) in [5.41, 5.74) is 3.14. The van der Waals surface area contributed by atoms with Crippen LogP contribution in [0.4, 0.5) is 5.69 Å². The van der Waals surface area contributed by atoms with Gasteiger partial charge in [0.15, 0.2) is 0 Å². The Hall–Kier alpha value is -1.97. The van der Waals surface area contributed by atoms with Crippen molar-refractivity contribution in [1.29, 1.82) is 0 Å². The number of nitrogens with one attached hydrogen (secondary N) is 1. The van der Waals surface area contributed by atoms with E-state index in [4.69, 9.17) is 16.3 Å². The Kier molecular flexibility index (Phi) is 5.78. The molecular weight excluding hydrogens is 386 g/mol. The van der Waals surface area contributed by atoms with Crippen LogP contribution >= 0.6 is 27.5 Å². The Morgan fingerprint density at radius 1 is 0.875 bits per heavy atom. The van der Waals surface area contributed by atoms with Crippen molar-refractivity contribution in [3.63, 3.8) is 0 Å². The largest absolute Gasteiger partial charge is 0.489 e. The molecule has 0 aliphatic carbocycles. The van der Waals surface area contributed by atoms with E-state index in [0.717, 1.165) is 27.0 Å². The molecule has 24 heavy (non-hydrogen) atoms. The summed E-state index contributed by atoms with van der Waals surface area (Å²) >= 11 is 9.63. The number of anilines is 1. The van der Waals surface area contributed by atoms with Crippen LogP contribution in [-0.4, -0.2) is 0 Å². The summed E-state index contributed by atoms with van der Waals surface area (Å²) < 4.78 is 7.06. The van der Waals surface area contributed by atoms with Gasteiger partial charge in [-0.25, -0.2) is 0 Å². The summed E-state index contributed by atoms with van der Waals surface area (Å²) in [6, 6.07) is 23.9. The van der Waals surface area contributed by atoms with Crippen molar-refractivity contribution in [1.82, 2.24) is 0 Å². The summed E-state index contributed by atoms with van der Waals surface area (Å²) in [6.45, 7) is 1.19. The van der Waals surface area contributed by atoms with E-state index in [1.54, 1.807) is 0 Å². The molecule has 0 spiro atoms. The van der Waals surface area contributed by atoms with Gasteiger partial charge in [-0.15, -0.1) is 0 Å². The third kappa shape index (κ3) is 4.53. The van der Waals surface area contributed by atoms with Crippen molar-refractivity contribution in [2.75, 3.05) is 5.32 Å². The molecular formula is C20H17BrClNO. The minimum atomic E-state index is 0.538. The molecule has 3 aromatic carbocycles. The van der Waals surface area contributed by atoms with E-state index in [9.17, 15) is 0 Å². The summed E-state index contributed by atoms with van der Waals surface area (Å²) in [4.78, 5) is 0. The molecule has 0 atom stereocenters. The highest BCUT2D eigenvalue weighted by Crippen LogP contribution is 2.24. The molecule has 0 saturated heterocycles. The Morgan fingerprint density at radius 2 is 1.58 bits per heavy atom. The second-order valence-electron chi connectivity index (χ2n) is 5.36. The van der Waals surface area contributed by atoms with E-state index in [-0.39, 0.29) is 0 Å². The van der Waals surface area contributed by atoms with Gasteiger partial charge in [-0.1, -0.05) is 70.0 Å². The van der Waals surface area contributed by atoms with Gasteiger partial charge in [-0.2, -0.15) is 0 Å². The SMILES string of the molecule is Clc1ccccc1NCc1ccccc1OCc1ccc(Br)cc1. The molecule has 0 radical (unpaired) electrons. The zero-order valence-electron chi connectivity index (χ0n) is 13.0. The van der Waals surface area contributed by atoms with Crippen LogP contribution in [0.25, 0.3) is 0 Å². The maximum absolute atomic E-state index is 6.19. The molecule has 4 heteroatoms. The first-order valence-electron chi connectivity index (χ1n) is 7.66. The molecule has 0 amide bonds. The van der Waals surface area contributed by atoms with Crippen LogP contribution in [0.15, 0.2) is 77.3 Å². The second-order valence-corrected chi connectivity index (χ2v) is 6.68. The van der Waals surface area contributed by atoms with Crippen LogP contribution in [0.2, 0.25) is 5.02 Å². The first-order valence-corrected chi connectivity index (χ1v) is 8.83.